The Morgan fingerprint density at radius 2 is 1.83 bits per heavy atom. The molecular weight excluding hydrogens is 469 g/mol. The zero-order chi connectivity index (χ0) is 25.2. The summed E-state index contributed by atoms with van der Waals surface area (Å²) in [7, 11) is 3.05. The highest BCUT2D eigenvalue weighted by Gasteiger charge is 2.59. The third-order valence-electron chi connectivity index (χ3n) is 6.21. The van der Waals surface area contributed by atoms with E-state index in [-0.39, 0.29) is 24.4 Å². The molecule has 1 aliphatic heterocycles. The number of methoxy groups -OCH3 is 2. The second-order valence-electron chi connectivity index (χ2n) is 8.41. The highest BCUT2D eigenvalue weighted by Crippen LogP contribution is 2.53. The number of carboxylic acids is 1. The van der Waals surface area contributed by atoms with Gasteiger partial charge in [-0.25, -0.2) is 4.39 Å². The molecule has 1 amide bonds. The van der Waals surface area contributed by atoms with Crippen molar-refractivity contribution < 1.29 is 28.6 Å². The standard InChI is InChI=1S/C27H26FNO5S/c1-17-8-12-20(13-9-17)35-27(26(31)32)15-24(30)29(25(27)21-6-4-5-7-22(21)28)16-18-10-11-19(33-2)14-23(18)34-3/h4-14,25H,15-16H2,1-3H3,(H,31,32). The van der Waals surface area contributed by atoms with Crippen molar-refractivity contribution in [3.05, 3.63) is 89.2 Å². The van der Waals surface area contributed by atoms with Crippen molar-refractivity contribution in [3.8, 4) is 11.5 Å². The summed E-state index contributed by atoms with van der Waals surface area (Å²) in [6.07, 6.45) is -0.279. The molecule has 6 nitrogen and oxygen atoms in total. The Morgan fingerprint density at radius 3 is 2.46 bits per heavy atom. The van der Waals surface area contributed by atoms with E-state index >= 15 is 4.39 Å². The fourth-order valence-corrected chi connectivity index (χ4v) is 5.77. The lowest BCUT2D eigenvalue weighted by molar-refractivity contribution is -0.140. The van der Waals surface area contributed by atoms with Gasteiger partial charge in [0.1, 0.15) is 17.3 Å². The van der Waals surface area contributed by atoms with Crippen molar-refractivity contribution in [1.29, 1.82) is 0 Å². The normalized spacial score (nSPS) is 19.6. The highest BCUT2D eigenvalue weighted by molar-refractivity contribution is 8.01. The largest absolute Gasteiger partial charge is 0.497 e. The molecule has 2 atom stereocenters. The summed E-state index contributed by atoms with van der Waals surface area (Å²) in [6, 6.07) is 17.6. The lowest BCUT2D eigenvalue weighted by Gasteiger charge is -2.35. The Bertz CT molecular complexity index is 1250. The molecule has 8 heteroatoms. The number of hydrogen-bond acceptors (Lipinski definition) is 5. The van der Waals surface area contributed by atoms with Gasteiger partial charge in [0.05, 0.1) is 26.7 Å². The van der Waals surface area contributed by atoms with Gasteiger partial charge in [0.2, 0.25) is 5.91 Å². The first-order chi connectivity index (χ1) is 16.8. The van der Waals surface area contributed by atoms with E-state index in [1.807, 2.05) is 31.2 Å². The number of likely N-dealkylation sites (tertiary alicyclic amines) is 1. The number of thioether (sulfide) groups is 1. The molecule has 4 rings (SSSR count). The van der Waals surface area contributed by atoms with Gasteiger partial charge in [-0.15, -0.1) is 11.8 Å². The Kier molecular flexibility index (Phi) is 7.03. The van der Waals surface area contributed by atoms with Crippen LogP contribution >= 0.6 is 11.8 Å². The van der Waals surface area contributed by atoms with Gasteiger partial charge in [-0.2, -0.15) is 0 Å². The van der Waals surface area contributed by atoms with Crippen LogP contribution in [0.4, 0.5) is 4.39 Å². The number of hydrogen-bond donors (Lipinski definition) is 1. The van der Waals surface area contributed by atoms with Crippen molar-refractivity contribution in [2.75, 3.05) is 14.2 Å². The molecule has 3 aromatic rings. The van der Waals surface area contributed by atoms with E-state index < -0.39 is 22.6 Å². The van der Waals surface area contributed by atoms with E-state index in [0.29, 0.717) is 22.0 Å². The number of ether oxygens (including phenoxy) is 2. The van der Waals surface area contributed by atoms with Gasteiger partial charge in [0, 0.05) is 28.6 Å². The minimum atomic E-state index is -1.63. The maximum atomic E-state index is 15.1. The third kappa shape index (κ3) is 4.71. The molecule has 0 spiro atoms. The average molecular weight is 496 g/mol. The first-order valence-electron chi connectivity index (χ1n) is 11.0. The zero-order valence-corrected chi connectivity index (χ0v) is 20.5. The molecule has 0 aromatic heterocycles. The van der Waals surface area contributed by atoms with Crippen molar-refractivity contribution in [2.24, 2.45) is 0 Å². The first kappa shape index (κ1) is 24.6. The molecule has 2 unspecified atom stereocenters. The molecule has 1 N–H and O–H groups in total. The molecule has 0 saturated carbocycles. The molecule has 1 aliphatic rings. The van der Waals surface area contributed by atoms with E-state index in [1.54, 1.807) is 36.4 Å². The number of rotatable bonds is 8. The number of aliphatic carboxylic acids is 1. The summed E-state index contributed by atoms with van der Waals surface area (Å²) in [5.41, 5.74) is 1.84. The second-order valence-corrected chi connectivity index (χ2v) is 9.81. The Balaban J connectivity index is 1.83. The first-order valence-corrected chi connectivity index (χ1v) is 11.8. The van der Waals surface area contributed by atoms with Gasteiger partial charge in [-0.05, 0) is 37.3 Å². The summed E-state index contributed by atoms with van der Waals surface area (Å²) in [5.74, 6) is -1.04. The summed E-state index contributed by atoms with van der Waals surface area (Å²) in [4.78, 5) is 28.4. The quantitative estimate of drug-likeness (QED) is 0.461. The van der Waals surface area contributed by atoms with E-state index in [9.17, 15) is 14.7 Å². The average Bonchev–Trinajstić information content (AvgIpc) is 3.12. The minimum Gasteiger partial charge on any atom is -0.497 e. The maximum absolute atomic E-state index is 15.1. The second kappa shape index (κ2) is 10.00. The molecule has 1 heterocycles. The van der Waals surface area contributed by atoms with Gasteiger partial charge in [0.15, 0.2) is 4.75 Å². The van der Waals surface area contributed by atoms with Gasteiger partial charge in [-0.1, -0.05) is 35.9 Å². The molecule has 1 fully saturated rings. The van der Waals surface area contributed by atoms with Crippen molar-refractivity contribution in [3.63, 3.8) is 0 Å². The summed E-state index contributed by atoms with van der Waals surface area (Å²) in [6.45, 7) is 1.99. The Labute approximate surface area is 207 Å². The highest BCUT2D eigenvalue weighted by atomic mass is 32.2. The van der Waals surface area contributed by atoms with E-state index in [2.05, 4.69) is 0 Å². The molecule has 1 saturated heterocycles. The predicted molar refractivity (Wildman–Crippen MR) is 131 cm³/mol. The third-order valence-corrected chi connectivity index (χ3v) is 7.62. The summed E-state index contributed by atoms with van der Waals surface area (Å²) < 4.78 is 24.3. The molecule has 0 bridgehead atoms. The van der Waals surface area contributed by atoms with Crippen LogP contribution in [0, 0.1) is 12.7 Å². The Hall–Kier alpha value is -3.52. The lowest BCUT2D eigenvalue weighted by Crippen LogP contribution is -2.42. The van der Waals surface area contributed by atoms with Crippen LogP contribution in [0.2, 0.25) is 0 Å². The van der Waals surface area contributed by atoms with Crippen LogP contribution < -0.4 is 9.47 Å². The SMILES string of the molecule is COc1ccc(CN2C(=O)CC(Sc3ccc(C)cc3)(C(=O)O)C2c2ccccc2F)c(OC)c1. The van der Waals surface area contributed by atoms with Crippen LogP contribution in [-0.2, 0) is 16.1 Å². The van der Waals surface area contributed by atoms with E-state index in [4.69, 9.17) is 9.47 Å². The predicted octanol–water partition coefficient (Wildman–Crippen LogP) is 5.24. The molecule has 0 radical (unpaired) electrons. The van der Waals surface area contributed by atoms with Gasteiger partial charge in [0.25, 0.3) is 0 Å². The Morgan fingerprint density at radius 1 is 1.11 bits per heavy atom. The number of carboxylic acid groups (broad SMARTS) is 1. The number of amides is 1. The molecule has 35 heavy (non-hydrogen) atoms. The zero-order valence-electron chi connectivity index (χ0n) is 19.7. The van der Waals surface area contributed by atoms with Gasteiger partial charge >= 0.3 is 5.97 Å². The summed E-state index contributed by atoms with van der Waals surface area (Å²) >= 11 is 1.08. The number of nitrogens with zero attached hydrogens (tertiary/aromatic N) is 1. The van der Waals surface area contributed by atoms with Crippen LogP contribution in [0.25, 0.3) is 0 Å². The van der Waals surface area contributed by atoms with Crippen molar-refractivity contribution in [1.82, 2.24) is 4.90 Å². The summed E-state index contributed by atoms with van der Waals surface area (Å²) in [5, 5.41) is 10.5. The number of benzene rings is 3. The van der Waals surface area contributed by atoms with Crippen molar-refractivity contribution >= 4 is 23.6 Å². The fourth-order valence-electron chi connectivity index (χ4n) is 4.42. The van der Waals surface area contributed by atoms with Crippen LogP contribution in [-0.4, -0.2) is 40.8 Å². The van der Waals surface area contributed by atoms with Gasteiger partial charge in [-0.3, -0.25) is 9.59 Å². The van der Waals surface area contributed by atoms with Crippen LogP contribution in [0.1, 0.15) is 29.2 Å². The molecular formula is C27H26FNO5S. The monoisotopic (exact) mass is 495 g/mol. The van der Waals surface area contributed by atoms with E-state index in [1.165, 1.54) is 25.2 Å². The maximum Gasteiger partial charge on any atom is 0.323 e. The van der Waals surface area contributed by atoms with Crippen LogP contribution in [0.3, 0.4) is 0 Å². The lowest BCUT2D eigenvalue weighted by atomic mass is 9.92. The topological polar surface area (TPSA) is 76.1 Å². The fraction of sp³-hybridized carbons (Fsp3) is 0.259. The minimum absolute atomic E-state index is 0.0501. The number of halogens is 1. The van der Waals surface area contributed by atoms with E-state index in [0.717, 1.165) is 17.3 Å². The smallest absolute Gasteiger partial charge is 0.323 e. The number of carbonyl (C=O) groups excluding carboxylic acids is 1. The molecule has 182 valence electrons. The van der Waals surface area contributed by atoms with Crippen molar-refractivity contribution in [2.45, 2.75) is 35.6 Å². The number of carbonyl (C=O) groups is 2. The van der Waals surface area contributed by atoms with Crippen LogP contribution in [0.5, 0.6) is 11.5 Å². The van der Waals surface area contributed by atoms with Gasteiger partial charge < -0.3 is 19.5 Å². The number of aryl methyl sites for hydroxylation is 1. The molecule has 0 aliphatic carbocycles. The van der Waals surface area contributed by atoms with Crippen LogP contribution in [0.15, 0.2) is 71.6 Å². The molecule has 3 aromatic carbocycles.